The van der Waals surface area contributed by atoms with Crippen LogP contribution in [0.15, 0.2) is 260 Å². The van der Waals surface area contributed by atoms with Crippen LogP contribution in [0.5, 0.6) is 0 Å². The maximum absolute atomic E-state index is 2.39. The van der Waals surface area contributed by atoms with E-state index in [9.17, 15) is 0 Å². The largest absolute Gasteiger partial charge is 0.0622 e. The van der Waals surface area contributed by atoms with Crippen molar-refractivity contribution in [1.82, 2.24) is 0 Å². The number of hydrogen-bond acceptors (Lipinski definition) is 0. The lowest BCUT2D eigenvalue weighted by atomic mass is 9.78. The molecule has 0 N–H and O–H groups in total. The maximum Gasteiger partial charge on any atom is -0.0000721 e. The van der Waals surface area contributed by atoms with Crippen LogP contribution < -0.4 is 0 Å². The molecule has 0 aromatic heterocycles. The Morgan fingerprint density at radius 3 is 0.765 bits per heavy atom. The second-order valence-corrected chi connectivity index (χ2v) is 17.8. The Labute approximate surface area is 400 Å². The highest BCUT2D eigenvalue weighted by Crippen LogP contribution is 2.65. The van der Waals surface area contributed by atoms with Crippen LogP contribution in [0.2, 0.25) is 0 Å². The van der Waals surface area contributed by atoms with Gasteiger partial charge in [-0.05, 0) is 147 Å². The summed E-state index contributed by atoms with van der Waals surface area (Å²) in [4.78, 5) is 0. The Hall–Kier alpha value is -8.58. The van der Waals surface area contributed by atoms with Gasteiger partial charge in [0, 0.05) is 0 Å². The highest BCUT2D eigenvalue weighted by Gasteiger charge is 2.44. The number of fused-ring (bicyclic) bond motifs is 3. The molecule has 0 saturated heterocycles. The summed E-state index contributed by atoms with van der Waals surface area (Å²) < 4.78 is 0. The van der Waals surface area contributed by atoms with Gasteiger partial charge in [0.05, 0.1) is 0 Å². The average molecular weight is 865 g/mol. The molecule has 0 aliphatic heterocycles. The Kier molecular flexibility index (Phi) is 10.4. The summed E-state index contributed by atoms with van der Waals surface area (Å²) in [5, 5.41) is 0. The molecule has 2 aliphatic carbocycles. The number of benzene rings is 10. The van der Waals surface area contributed by atoms with E-state index in [2.05, 4.69) is 269 Å². The van der Waals surface area contributed by atoms with E-state index in [-0.39, 0.29) is 0 Å². The van der Waals surface area contributed by atoms with E-state index >= 15 is 0 Å². The molecule has 0 unspecified atom stereocenters. The van der Waals surface area contributed by atoms with Gasteiger partial charge in [-0.25, -0.2) is 0 Å². The first-order valence-corrected chi connectivity index (χ1v) is 23.7. The molecule has 320 valence electrons. The standard InChI is InChI=1S/C68H48/c1-45-59(50-33-15-6-16-34-50)60(51-35-17-7-18-36-51)46(2)62-61(45)64(56-42-24-21-39-53(56)47-27-9-3-10-28-47)68-66(58-44-26-23-41-55(58)49-31-13-5-14-32-49)65(63(67(62)68)52-37-19-8-20-38-52)57-43-25-22-40-54(57)48-29-11-4-12-30-48/h3-44H,1-2H3. The van der Waals surface area contributed by atoms with Gasteiger partial charge in [0.2, 0.25) is 0 Å². The Balaban J connectivity index is 1.34. The van der Waals surface area contributed by atoms with Crippen LogP contribution in [0, 0.1) is 13.8 Å². The van der Waals surface area contributed by atoms with Crippen molar-refractivity contribution in [3.8, 4) is 55.6 Å². The fourth-order valence-electron chi connectivity index (χ4n) is 11.2. The summed E-state index contributed by atoms with van der Waals surface area (Å²) in [7, 11) is 0. The van der Waals surface area contributed by atoms with E-state index < -0.39 is 0 Å². The molecule has 0 fully saturated rings. The van der Waals surface area contributed by atoms with Crippen molar-refractivity contribution in [2.45, 2.75) is 13.8 Å². The molecule has 0 bridgehead atoms. The van der Waals surface area contributed by atoms with Gasteiger partial charge in [-0.1, -0.05) is 255 Å². The minimum Gasteiger partial charge on any atom is -0.0622 e. The molecule has 12 rings (SSSR count). The molecule has 2 aliphatic rings. The Morgan fingerprint density at radius 2 is 0.412 bits per heavy atom. The molecule has 0 spiro atoms. The van der Waals surface area contributed by atoms with E-state index in [1.165, 1.54) is 134 Å². The minimum atomic E-state index is 1.19. The Morgan fingerprint density at radius 1 is 0.162 bits per heavy atom. The summed E-state index contributed by atoms with van der Waals surface area (Å²) in [5.41, 5.74) is 29.7. The molecule has 0 heterocycles. The lowest BCUT2D eigenvalue weighted by Gasteiger charge is -2.25. The van der Waals surface area contributed by atoms with Crippen LogP contribution in [0.1, 0.15) is 44.5 Å². The van der Waals surface area contributed by atoms with Gasteiger partial charge in [-0.3, -0.25) is 0 Å². The highest BCUT2D eigenvalue weighted by atomic mass is 14.5. The first kappa shape index (κ1) is 40.9. The maximum atomic E-state index is 2.39. The Bertz CT molecular complexity index is 3610. The third kappa shape index (κ3) is 6.76. The zero-order valence-corrected chi connectivity index (χ0v) is 38.2. The predicted octanol–water partition coefficient (Wildman–Crippen LogP) is 18.0. The zero-order valence-electron chi connectivity index (χ0n) is 38.2. The fraction of sp³-hybridized carbons (Fsp3) is 0.0294. The summed E-state index contributed by atoms with van der Waals surface area (Å²) in [6.45, 7) is 4.77. The molecule has 0 nitrogen and oxygen atoms in total. The van der Waals surface area contributed by atoms with E-state index in [1.807, 2.05) is 0 Å². The number of rotatable bonds is 9. The average Bonchev–Trinajstić information content (AvgIpc) is 3.94. The molecule has 0 amide bonds. The highest BCUT2D eigenvalue weighted by molar-refractivity contribution is 6.41. The summed E-state index contributed by atoms with van der Waals surface area (Å²) in [6, 6.07) is 93.5. The van der Waals surface area contributed by atoms with Crippen molar-refractivity contribution < 1.29 is 0 Å². The van der Waals surface area contributed by atoms with E-state index in [4.69, 9.17) is 0 Å². The van der Waals surface area contributed by atoms with Gasteiger partial charge in [0.1, 0.15) is 0 Å². The van der Waals surface area contributed by atoms with Gasteiger partial charge < -0.3 is 0 Å². The first-order valence-electron chi connectivity index (χ1n) is 23.7. The van der Waals surface area contributed by atoms with E-state index in [0.717, 1.165) is 0 Å². The summed E-state index contributed by atoms with van der Waals surface area (Å²) in [5.74, 6) is 0. The normalized spacial score (nSPS) is 13.0. The monoisotopic (exact) mass is 864 g/mol. The lowest BCUT2D eigenvalue weighted by Crippen LogP contribution is -2.04. The number of hydrogen-bond donors (Lipinski definition) is 0. The second kappa shape index (κ2) is 17.3. The van der Waals surface area contributed by atoms with Gasteiger partial charge in [-0.2, -0.15) is 0 Å². The SMILES string of the molecule is Cc1c2c(c(C)c(-c3ccccc3)c1-c1ccccc1)C(c1ccccc1-c1ccccc1)=C1C(c3ccccc3-c3ccccc3)=C(c3ccccc3-c3ccccc3)C(c3ccccc3)=C12. The van der Waals surface area contributed by atoms with Gasteiger partial charge in [0.25, 0.3) is 0 Å². The summed E-state index contributed by atoms with van der Waals surface area (Å²) in [6.07, 6.45) is 0. The van der Waals surface area contributed by atoms with Crippen LogP contribution >= 0.6 is 0 Å². The predicted molar refractivity (Wildman–Crippen MR) is 289 cm³/mol. The molecule has 0 heteroatoms. The minimum absolute atomic E-state index is 1.19. The summed E-state index contributed by atoms with van der Waals surface area (Å²) >= 11 is 0. The topological polar surface area (TPSA) is 0 Å². The second-order valence-electron chi connectivity index (χ2n) is 17.8. The van der Waals surface area contributed by atoms with Crippen LogP contribution in [0.25, 0.3) is 83.5 Å². The van der Waals surface area contributed by atoms with Crippen LogP contribution in [-0.2, 0) is 0 Å². The molecular weight excluding hydrogens is 817 g/mol. The van der Waals surface area contributed by atoms with Crippen LogP contribution in [0.3, 0.4) is 0 Å². The quantitative estimate of drug-likeness (QED) is 0.136. The zero-order chi connectivity index (χ0) is 45.6. The van der Waals surface area contributed by atoms with Crippen molar-refractivity contribution in [2.75, 3.05) is 0 Å². The van der Waals surface area contributed by atoms with Crippen LogP contribution in [0.4, 0.5) is 0 Å². The molecule has 10 aromatic carbocycles. The molecule has 10 aromatic rings. The number of allylic oxidation sites excluding steroid dienone is 5. The van der Waals surface area contributed by atoms with E-state index in [0.29, 0.717) is 0 Å². The third-order valence-corrected chi connectivity index (χ3v) is 14.0. The smallest absolute Gasteiger partial charge is 0.0000721 e. The molecule has 0 radical (unpaired) electrons. The van der Waals surface area contributed by atoms with Crippen molar-refractivity contribution in [3.05, 3.63) is 305 Å². The molecule has 0 atom stereocenters. The van der Waals surface area contributed by atoms with Crippen molar-refractivity contribution in [3.63, 3.8) is 0 Å². The lowest BCUT2D eigenvalue weighted by molar-refractivity contribution is 1.34. The third-order valence-electron chi connectivity index (χ3n) is 14.0. The van der Waals surface area contributed by atoms with Gasteiger partial charge >= 0.3 is 0 Å². The van der Waals surface area contributed by atoms with Crippen molar-refractivity contribution in [1.29, 1.82) is 0 Å². The first-order chi connectivity index (χ1) is 33.7. The van der Waals surface area contributed by atoms with Crippen LogP contribution in [-0.4, -0.2) is 0 Å². The van der Waals surface area contributed by atoms with Crippen molar-refractivity contribution in [2.24, 2.45) is 0 Å². The van der Waals surface area contributed by atoms with Gasteiger partial charge in [-0.15, -0.1) is 0 Å². The van der Waals surface area contributed by atoms with Gasteiger partial charge in [0.15, 0.2) is 0 Å². The fourth-order valence-corrected chi connectivity index (χ4v) is 11.2. The molecule has 68 heavy (non-hydrogen) atoms. The van der Waals surface area contributed by atoms with Crippen molar-refractivity contribution >= 4 is 27.9 Å². The van der Waals surface area contributed by atoms with E-state index in [1.54, 1.807) is 0 Å². The molecule has 0 saturated carbocycles. The molecular formula is C68H48.